The van der Waals surface area contributed by atoms with E-state index in [1.165, 1.54) is 6.07 Å². The minimum Gasteiger partial charge on any atom is -0.481 e. The molecule has 1 aromatic rings. The molecule has 0 aliphatic rings. The number of carboxylic acid groups (broad SMARTS) is 1. The van der Waals surface area contributed by atoms with Crippen molar-refractivity contribution in [3.05, 3.63) is 27.4 Å². The molecule has 0 unspecified atom stereocenters. The van der Waals surface area contributed by atoms with E-state index in [-0.39, 0.29) is 23.7 Å². The SMILES string of the molecule is CCN(CCC(=O)O)c1ncc([N+](=O)[O-])cc1Cl. The quantitative estimate of drug-likeness (QED) is 0.628. The molecule has 1 heterocycles. The van der Waals surface area contributed by atoms with Crippen LogP contribution < -0.4 is 4.90 Å². The van der Waals surface area contributed by atoms with Crippen LogP contribution in [0.15, 0.2) is 12.3 Å². The number of aromatic nitrogens is 1. The Kier molecular flexibility index (Phi) is 4.85. The summed E-state index contributed by atoms with van der Waals surface area (Å²) in [5.41, 5.74) is -0.196. The summed E-state index contributed by atoms with van der Waals surface area (Å²) < 4.78 is 0. The molecule has 18 heavy (non-hydrogen) atoms. The molecule has 0 spiro atoms. The molecule has 0 radical (unpaired) electrons. The van der Waals surface area contributed by atoms with E-state index in [0.717, 1.165) is 6.20 Å². The summed E-state index contributed by atoms with van der Waals surface area (Å²) in [4.78, 5) is 26.0. The predicted octanol–water partition coefficient (Wildman–Crippen LogP) is 1.94. The van der Waals surface area contributed by atoms with E-state index in [9.17, 15) is 14.9 Å². The van der Waals surface area contributed by atoms with E-state index in [1.807, 2.05) is 6.92 Å². The lowest BCUT2D eigenvalue weighted by Gasteiger charge is -2.21. The Morgan fingerprint density at radius 1 is 1.67 bits per heavy atom. The van der Waals surface area contributed by atoms with Crippen LogP contribution in [0.3, 0.4) is 0 Å². The molecule has 0 aliphatic carbocycles. The van der Waals surface area contributed by atoms with Gasteiger partial charge in [0.05, 0.1) is 16.4 Å². The smallest absolute Gasteiger partial charge is 0.305 e. The number of anilines is 1. The predicted molar refractivity (Wildman–Crippen MR) is 66.0 cm³/mol. The first-order valence-electron chi connectivity index (χ1n) is 5.22. The number of rotatable bonds is 6. The fraction of sp³-hybridized carbons (Fsp3) is 0.400. The van der Waals surface area contributed by atoms with Crippen molar-refractivity contribution in [1.82, 2.24) is 4.98 Å². The zero-order valence-electron chi connectivity index (χ0n) is 9.67. The van der Waals surface area contributed by atoms with Gasteiger partial charge < -0.3 is 10.0 Å². The van der Waals surface area contributed by atoms with Crippen molar-refractivity contribution in [3.63, 3.8) is 0 Å². The van der Waals surface area contributed by atoms with Crippen molar-refractivity contribution in [3.8, 4) is 0 Å². The van der Waals surface area contributed by atoms with Gasteiger partial charge in [-0.2, -0.15) is 0 Å². The summed E-state index contributed by atoms with van der Waals surface area (Å²) in [5, 5.41) is 19.3. The Balaban J connectivity index is 2.92. The van der Waals surface area contributed by atoms with Gasteiger partial charge in [-0.25, -0.2) is 4.98 Å². The van der Waals surface area contributed by atoms with E-state index in [4.69, 9.17) is 16.7 Å². The van der Waals surface area contributed by atoms with Gasteiger partial charge >= 0.3 is 5.97 Å². The molecule has 1 rings (SSSR count). The number of pyridine rings is 1. The van der Waals surface area contributed by atoms with E-state index < -0.39 is 10.9 Å². The van der Waals surface area contributed by atoms with Crippen LogP contribution in [0.4, 0.5) is 11.5 Å². The highest BCUT2D eigenvalue weighted by molar-refractivity contribution is 6.33. The molecule has 1 aromatic heterocycles. The molecule has 0 bridgehead atoms. The Morgan fingerprint density at radius 3 is 2.78 bits per heavy atom. The molecule has 0 atom stereocenters. The summed E-state index contributed by atoms with van der Waals surface area (Å²) in [6.07, 6.45) is 1.05. The Labute approximate surface area is 108 Å². The van der Waals surface area contributed by atoms with Gasteiger partial charge in [0, 0.05) is 19.2 Å². The summed E-state index contributed by atoms with van der Waals surface area (Å²) in [6.45, 7) is 2.58. The summed E-state index contributed by atoms with van der Waals surface area (Å²) >= 11 is 5.91. The molecule has 1 N–H and O–H groups in total. The van der Waals surface area contributed by atoms with Gasteiger partial charge in [-0.1, -0.05) is 11.6 Å². The standard InChI is InChI=1S/C10H12ClN3O4/c1-2-13(4-3-9(15)16)10-8(11)5-7(6-12-10)14(17)18/h5-6H,2-4H2,1H3,(H,15,16). The molecule has 0 aromatic carbocycles. The van der Waals surface area contributed by atoms with Crippen LogP contribution in [0.2, 0.25) is 5.02 Å². The highest BCUT2D eigenvalue weighted by Gasteiger charge is 2.15. The average Bonchev–Trinajstić information content (AvgIpc) is 2.30. The van der Waals surface area contributed by atoms with Crippen molar-refractivity contribution in [1.29, 1.82) is 0 Å². The number of hydrogen-bond donors (Lipinski definition) is 1. The molecule has 0 aliphatic heterocycles. The van der Waals surface area contributed by atoms with Crippen LogP contribution in [0.5, 0.6) is 0 Å². The van der Waals surface area contributed by atoms with Gasteiger partial charge in [0.1, 0.15) is 12.0 Å². The average molecular weight is 274 g/mol. The molecule has 0 fully saturated rings. The van der Waals surface area contributed by atoms with Crippen molar-refractivity contribution in [2.24, 2.45) is 0 Å². The van der Waals surface area contributed by atoms with E-state index in [2.05, 4.69) is 4.98 Å². The highest BCUT2D eigenvalue weighted by atomic mass is 35.5. The maximum atomic E-state index is 10.5. The number of hydrogen-bond acceptors (Lipinski definition) is 5. The van der Waals surface area contributed by atoms with Gasteiger partial charge in [0.25, 0.3) is 5.69 Å². The minimum absolute atomic E-state index is 0.0527. The Morgan fingerprint density at radius 2 is 2.33 bits per heavy atom. The number of nitrogens with zero attached hydrogens (tertiary/aromatic N) is 3. The summed E-state index contributed by atoms with van der Waals surface area (Å²) in [6, 6.07) is 1.20. The molecule has 8 heteroatoms. The Hall–Kier alpha value is -1.89. The van der Waals surface area contributed by atoms with Crippen LogP contribution in [0, 0.1) is 10.1 Å². The fourth-order valence-electron chi connectivity index (χ4n) is 1.40. The fourth-order valence-corrected chi connectivity index (χ4v) is 1.68. The molecule has 0 saturated heterocycles. The maximum absolute atomic E-state index is 10.5. The van der Waals surface area contributed by atoms with Crippen molar-refractivity contribution in [2.45, 2.75) is 13.3 Å². The van der Waals surface area contributed by atoms with Crippen molar-refractivity contribution in [2.75, 3.05) is 18.0 Å². The summed E-state index contributed by atoms with van der Waals surface area (Å²) in [7, 11) is 0. The zero-order chi connectivity index (χ0) is 13.7. The lowest BCUT2D eigenvalue weighted by Crippen LogP contribution is -2.26. The topological polar surface area (TPSA) is 96.6 Å². The first-order valence-corrected chi connectivity index (χ1v) is 5.60. The zero-order valence-corrected chi connectivity index (χ0v) is 10.4. The molecule has 7 nitrogen and oxygen atoms in total. The van der Waals surface area contributed by atoms with Crippen LogP contribution in [0.1, 0.15) is 13.3 Å². The van der Waals surface area contributed by atoms with Crippen LogP contribution in [-0.2, 0) is 4.79 Å². The van der Waals surface area contributed by atoms with Crippen LogP contribution in [-0.4, -0.2) is 34.1 Å². The Bertz CT molecular complexity index is 466. The maximum Gasteiger partial charge on any atom is 0.305 e. The number of aliphatic carboxylic acids is 1. The lowest BCUT2D eigenvalue weighted by atomic mass is 10.3. The molecular formula is C10H12ClN3O4. The van der Waals surface area contributed by atoms with Crippen molar-refractivity contribution < 1.29 is 14.8 Å². The minimum atomic E-state index is -0.925. The second kappa shape index (κ2) is 6.15. The van der Waals surface area contributed by atoms with Crippen LogP contribution in [0.25, 0.3) is 0 Å². The second-order valence-corrected chi connectivity index (χ2v) is 3.89. The third-order valence-electron chi connectivity index (χ3n) is 2.29. The highest BCUT2D eigenvalue weighted by Crippen LogP contribution is 2.26. The number of halogens is 1. The molecule has 98 valence electrons. The molecule has 0 saturated carbocycles. The van der Waals surface area contributed by atoms with Gasteiger partial charge in [0.15, 0.2) is 0 Å². The van der Waals surface area contributed by atoms with Gasteiger partial charge in [0.2, 0.25) is 0 Å². The normalized spacial score (nSPS) is 10.1. The van der Waals surface area contributed by atoms with E-state index in [1.54, 1.807) is 4.90 Å². The van der Waals surface area contributed by atoms with Crippen LogP contribution >= 0.6 is 11.6 Å². The van der Waals surface area contributed by atoms with E-state index >= 15 is 0 Å². The molecular weight excluding hydrogens is 262 g/mol. The van der Waals surface area contributed by atoms with Gasteiger partial charge in [-0.05, 0) is 6.92 Å². The third kappa shape index (κ3) is 3.56. The van der Waals surface area contributed by atoms with Gasteiger partial charge in [-0.3, -0.25) is 14.9 Å². The summed E-state index contributed by atoms with van der Waals surface area (Å²) in [5.74, 6) is -0.572. The van der Waals surface area contributed by atoms with Gasteiger partial charge in [-0.15, -0.1) is 0 Å². The number of nitro groups is 1. The monoisotopic (exact) mass is 273 g/mol. The van der Waals surface area contributed by atoms with E-state index in [0.29, 0.717) is 12.4 Å². The molecule has 0 amide bonds. The largest absolute Gasteiger partial charge is 0.481 e. The lowest BCUT2D eigenvalue weighted by molar-refractivity contribution is -0.385. The first kappa shape index (κ1) is 14.2. The number of carbonyl (C=O) groups is 1. The third-order valence-corrected chi connectivity index (χ3v) is 2.57. The van der Waals surface area contributed by atoms with Crippen molar-refractivity contribution >= 4 is 29.1 Å². The second-order valence-electron chi connectivity index (χ2n) is 3.48. The number of carboxylic acids is 1. The first-order chi connectivity index (χ1) is 8.45.